The van der Waals surface area contributed by atoms with Crippen LogP contribution in [0.3, 0.4) is 0 Å². The molecule has 0 radical (unpaired) electrons. The molecule has 1 aliphatic heterocycles. The van der Waals surface area contributed by atoms with Crippen molar-refractivity contribution in [1.29, 1.82) is 0 Å². The molecule has 3 aromatic rings. The fraction of sp³-hybridized carbons (Fsp3) is 0.421. The Bertz CT molecular complexity index is 1030. The number of carbonyl (C=O) groups is 1. The van der Waals surface area contributed by atoms with Crippen molar-refractivity contribution in [2.24, 2.45) is 5.92 Å². The first kappa shape index (κ1) is 18.5. The molecule has 146 valence electrons. The number of nitrogens with zero attached hydrogens (tertiary/aromatic N) is 6. The first-order chi connectivity index (χ1) is 13.5. The van der Waals surface area contributed by atoms with E-state index in [9.17, 15) is 9.59 Å². The molecule has 1 fully saturated rings. The zero-order chi connectivity index (χ0) is 19.7. The maximum atomic E-state index is 12.7. The molecule has 0 aliphatic carbocycles. The van der Waals surface area contributed by atoms with Gasteiger partial charge in [-0.2, -0.15) is 5.10 Å². The number of likely N-dealkylation sites (tertiary alicyclic amines) is 1. The predicted octanol–water partition coefficient (Wildman–Crippen LogP) is 2.05. The molecule has 4 heterocycles. The van der Waals surface area contributed by atoms with Gasteiger partial charge in [0.15, 0.2) is 5.82 Å². The SMILES string of the molecule is Cc1nc(C)c(C(=O)N2CCC(Cn3nc(-n4cccn4)ccc3=O)CC2)s1. The zero-order valence-corrected chi connectivity index (χ0v) is 16.7. The van der Waals surface area contributed by atoms with Gasteiger partial charge in [0, 0.05) is 38.1 Å². The molecule has 8 nitrogen and oxygen atoms in total. The summed E-state index contributed by atoms with van der Waals surface area (Å²) in [6.45, 7) is 5.73. The Morgan fingerprint density at radius 3 is 2.68 bits per heavy atom. The third-order valence-corrected chi connectivity index (χ3v) is 6.08. The summed E-state index contributed by atoms with van der Waals surface area (Å²) in [5.74, 6) is 0.997. The second-order valence-electron chi connectivity index (χ2n) is 7.05. The number of piperidine rings is 1. The molecule has 0 atom stereocenters. The van der Waals surface area contributed by atoms with Crippen LogP contribution >= 0.6 is 11.3 Å². The summed E-state index contributed by atoms with van der Waals surface area (Å²) in [7, 11) is 0. The Morgan fingerprint density at radius 2 is 2.04 bits per heavy atom. The normalized spacial score (nSPS) is 15.1. The van der Waals surface area contributed by atoms with Crippen LogP contribution in [0.25, 0.3) is 5.82 Å². The zero-order valence-electron chi connectivity index (χ0n) is 15.9. The van der Waals surface area contributed by atoms with Crippen LogP contribution in [0.4, 0.5) is 0 Å². The lowest BCUT2D eigenvalue weighted by molar-refractivity contribution is 0.0684. The van der Waals surface area contributed by atoms with Crippen LogP contribution in [0.15, 0.2) is 35.4 Å². The number of aromatic nitrogens is 5. The molecule has 1 amide bonds. The number of hydrogen-bond donors (Lipinski definition) is 0. The monoisotopic (exact) mass is 398 g/mol. The molecule has 28 heavy (non-hydrogen) atoms. The fourth-order valence-corrected chi connectivity index (χ4v) is 4.42. The summed E-state index contributed by atoms with van der Waals surface area (Å²) in [6.07, 6.45) is 5.17. The standard InChI is InChI=1S/C19H22N6O2S/c1-13-18(28-14(2)21-13)19(27)23-10-6-15(7-11-23)12-25-17(26)5-4-16(22-25)24-9-3-8-20-24/h3-5,8-9,15H,6-7,10-12H2,1-2H3. The van der Waals surface area contributed by atoms with E-state index in [2.05, 4.69) is 15.2 Å². The van der Waals surface area contributed by atoms with Gasteiger partial charge in [-0.15, -0.1) is 16.4 Å². The van der Waals surface area contributed by atoms with Crippen LogP contribution in [0.2, 0.25) is 0 Å². The minimum absolute atomic E-state index is 0.0671. The van der Waals surface area contributed by atoms with Gasteiger partial charge >= 0.3 is 0 Å². The lowest BCUT2D eigenvalue weighted by atomic mass is 9.96. The number of aryl methyl sites for hydroxylation is 2. The molecule has 0 saturated carbocycles. The molecular formula is C19H22N6O2S. The van der Waals surface area contributed by atoms with Gasteiger partial charge in [0.1, 0.15) is 4.88 Å². The summed E-state index contributed by atoms with van der Waals surface area (Å²) in [5, 5.41) is 9.52. The molecule has 1 saturated heterocycles. The van der Waals surface area contributed by atoms with Crippen LogP contribution in [0.5, 0.6) is 0 Å². The van der Waals surface area contributed by atoms with Crippen molar-refractivity contribution in [2.75, 3.05) is 13.1 Å². The van der Waals surface area contributed by atoms with Crippen molar-refractivity contribution >= 4 is 17.2 Å². The average molecular weight is 398 g/mol. The van der Waals surface area contributed by atoms with Crippen LogP contribution < -0.4 is 5.56 Å². The average Bonchev–Trinajstić information content (AvgIpc) is 3.33. The van der Waals surface area contributed by atoms with E-state index in [0.29, 0.717) is 31.4 Å². The Hall–Kier alpha value is -2.81. The Kier molecular flexibility index (Phi) is 5.08. The molecular weight excluding hydrogens is 376 g/mol. The number of rotatable bonds is 4. The van der Waals surface area contributed by atoms with E-state index in [1.807, 2.05) is 24.8 Å². The summed E-state index contributed by atoms with van der Waals surface area (Å²) in [6, 6.07) is 5.01. The van der Waals surface area contributed by atoms with Gasteiger partial charge in [-0.3, -0.25) is 9.59 Å². The van der Waals surface area contributed by atoms with Gasteiger partial charge in [-0.25, -0.2) is 14.3 Å². The maximum absolute atomic E-state index is 12.7. The fourth-order valence-electron chi connectivity index (χ4n) is 3.53. The molecule has 1 aliphatic rings. The van der Waals surface area contributed by atoms with Gasteiger partial charge in [-0.1, -0.05) is 0 Å². The van der Waals surface area contributed by atoms with Crippen LogP contribution in [0.1, 0.15) is 33.2 Å². The molecule has 3 aromatic heterocycles. The maximum Gasteiger partial charge on any atom is 0.266 e. The Morgan fingerprint density at radius 1 is 1.25 bits per heavy atom. The van der Waals surface area contributed by atoms with Gasteiger partial charge in [0.05, 0.1) is 10.7 Å². The van der Waals surface area contributed by atoms with Crippen LogP contribution in [-0.4, -0.2) is 48.4 Å². The molecule has 0 unspecified atom stereocenters. The van der Waals surface area contributed by atoms with E-state index >= 15 is 0 Å². The first-order valence-corrected chi connectivity index (χ1v) is 10.1. The molecule has 0 spiro atoms. The van der Waals surface area contributed by atoms with E-state index < -0.39 is 0 Å². The summed E-state index contributed by atoms with van der Waals surface area (Å²) >= 11 is 1.46. The molecule has 4 rings (SSSR count). The highest BCUT2D eigenvalue weighted by Crippen LogP contribution is 2.24. The van der Waals surface area contributed by atoms with Crippen molar-refractivity contribution in [2.45, 2.75) is 33.2 Å². The highest BCUT2D eigenvalue weighted by atomic mass is 32.1. The number of carbonyl (C=O) groups excluding carboxylic acids is 1. The predicted molar refractivity (Wildman–Crippen MR) is 106 cm³/mol. The number of amides is 1. The number of hydrogen-bond acceptors (Lipinski definition) is 6. The number of thiazole rings is 1. The largest absolute Gasteiger partial charge is 0.338 e. The van der Waals surface area contributed by atoms with Crippen LogP contribution in [-0.2, 0) is 6.54 Å². The summed E-state index contributed by atoms with van der Waals surface area (Å²) < 4.78 is 3.15. The quantitative estimate of drug-likeness (QED) is 0.671. The van der Waals surface area contributed by atoms with Crippen molar-refractivity contribution in [3.63, 3.8) is 0 Å². The van der Waals surface area contributed by atoms with Gasteiger partial charge in [-0.05, 0) is 44.7 Å². The smallest absolute Gasteiger partial charge is 0.266 e. The van der Waals surface area contributed by atoms with E-state index in [1.54, 1.807) is 23.1 Å². The van der Waals surface area contributed by atoms with Crippen molar-refractivity contribution in [1.82, 2.24) is 29.4 Å². The Labute approximate surface area is 166 Å². The second-order valence-corrected chi connectivity index (χ2v) is 8.25. The lowest BCUT2D eigenvalue weighted by Crippen LogP contribution is -2.40. The van der Waals surface area contributed by atoms with E-state index in [-0.39, 0.29) is 11.5 Å². The second kappa shape index (κ2) is 7.67. The topological polar surface area (TPSA) is 85.9 Å². The molecule has 0 bridgehead atoms. The van der Waals surface area contributed by atoms with E-state index in [0.717, 1.165) is 28.4 Å². The van der Waals surface area contributed by atoms with Crippen LogP contribution in [0, 0.1) is 19.8 Å². The minimum atomic E-state index is -0.120. The highest BCUT2D eigenvalue weighted by Gasteiger charge is 2.26. The molecule has 0 N–H and O–H groups in total. The minimum Gasteiger partial charge on any atom is -0.338 e. The summed E-state index contributed by atoms with van der Waals surface area (Å²) in [4.78, 5) is 31.9. The first-order valence-electron chi connectivity index (χ1n) is 9.33. The van der Waals surface area contributed by atoms with E-state index in [4.69, 9.17) is 0 Å². The van der Waals surface area contributed by atoms with Crippen molar-refractivity contribution in [3.8, 4) is 5.82 Å². The van der Waals surface area contributed by atoms with Gasteiger partial charge < -0.3 is 4.90 Å². The van der Waals surface area contributed by atoms with Gasteiger partial charge in [0.2, 0.25) is 0 Å². The van der Waals surface area contributed by atoms with Crippen molar-refractivity contribution < 1.29 is 4.79 Å². The van der Waals surface area contributed by atoms with E-state index in [1.165, 1.54) is 22.1 Å². The summed E-state index contributed by atoms with van der Waals surface area (Å²) in [5.41, 5.74) is 0.686. The van der Waals surface area contributed by atoms with Crippen molar-refractivity contribution in [3.05, 3.63) is 56.5 Å². The third kappa shape index (κ3) is 3.75. The Balaban J connectivity index is 1.41. The highest BCUT2D eigenvalue weighted by molar-refractivity contribution is 7.13. The third-order valence-electron chi connectivity index (χ3n) is 5.02. The van der Waals surface area contributed by atoms with Gasteiger partial charge in [0.25, 0.3) is 11.5 Å². The lowest BCUT2D eigenvalue weighted by Gasteiger charge is -2.31. The molecule has 9 heteroatoms. The molecule has 0 aromatic carbocycles.